The molecule has 1 saturated heterocycles. The van der Waals surface area contributed by atoms with Gasteiger partial charge in [-0.3, -0.25) is 9.69 Å². The third-order valence-corrected chi connectivity index (χ3v) is 9.26. The summed E-state index contributed by atoms with van der Waals surface area (Å²) in [7, 11) is -3.43. The largest absolute Gasteiger partial charge is 0.343 e. The van der Waals surface area contributed by atoms with E-state index in [9.17, 15) is 13.2 Å². The van der Waals surface area contributed by atoms with E-state index in [1.54, 1.807) is 28.8 Å². The summed E-state index contributed by atoms with van der Waals surface area (Å²) >= 11 is 2.85. The molecule has 0 aliphatic carbocycles. The molecule has 1 fully saturated rings. The number of rotatable bonds is 7. The average molecular weight is 462 g/mol. The highest BCUT2D eigenvalue weighted by Crippen LogP contribution is 2.26. The van der Waals surface area contributed by atoms with Crippen molar-refractivity contribution in [2.75, 3.05) is 32.7 Å². The molecule has 1 atom stereocenters. The Labute approximate surface area is 184 Å². The van der Waals surface area contributed by atoms with E-state index in [4.69, 9.17) is 0 Å². The van der Waals surface area contributed by atoms with E-state index in [0.717, 1.165) is 10.4 Å². The molecule has 9 heteroatoms. The Morgan fingerprint density at radius 2 is 1.63 bits per heavy atom. The van der Waals surface area contributed by atoms with Crippen LogP contribution < -0.4 is 5.32 Å². The lowest BCUT2D eigenvalue weighted by molar-refractivity contribution is -0.123. The number of hydrogen-bond acceptors (Lipinski definition) is 6. The second-order valence-electron chi connectivity index (χ2n) is 7.04. The van der Waals surface area contributed by atoms with Gasteiger partial charge in [-0.05, 0) is 28.5 Å². The molecule has 3 aromatic rings. The molecule has 2 aromatic heterocycles. The lowest BCUT2D eigenvalue weighted by atomic mass is 10.1. The number of thiophene rings is 2. The van der Waals surface area contributed by atoms with E-state index in [2.05, 4.69) is 5.32 Å². The molecular weight excluding hydrogens is 438 g/mol. The zero-order valence-corrected chi connectivity index (χ0v) is 18.8. The first kappa shape index (κ1) is 21.2. The van der Waals surface area contributed by atoms with Gasteiger partial charge in [0.2, 0.25) is 5.91 Å². The molecule has 1 aliphatic rings. The highest BCUT2D eigenvalue weighted by atomic mass is 32.2. The minimum Gasteiger partial charge on any atom is -0.343 e. The van der Waals surface area contributed by atoms with Crippen LogP contribution in [0.15, 0.2) is 69.6 Å². The van der Waals surface area contributed by atoms with E-state index >= 15 is 0 Å². The lowest BCUT2D eigenvalue weighted by Gasteiger charge is -2.33. The predicted octanol–water partition coefficient (Wildman–Crippen LogP) is 3.02. The number of sulfonamides is 1. The second kappa shape index (κ2) is 9.40. The summed E-state index contributed by atoms with van der Waals surface area (Å²) in [5.74, 6) is -0.0631. The molecular formula is C21H23N3O3S3. The number of carbonyl (C=O) groups is 1. The first-order valence-electron chi connectivity index (χ1n) is 9.68. The van der Waals surface area contributed by atoms with Crippen LogP contribution in [-0.2, 0) is 14.8 Å². The average Bonchev–Trinajstić information content (AvgIpc) is 3.47. The smallest absolute Gasteiger partial charge is 0.252 e. The predicted molar refractivity (Wildman–Crippen MR) is 120 cm³/mol. The first-order chi connectivity index (χ1) is 14.5. The molecule has 4 rings (SSSR count). The Balaban J connectivity index is 1.35. The van der Waals surface area contributed by atoms with Crippen molar-refractivity contribution in [1.82, 2.24) is 14.5 Å². The Morgan fingerprint density at radius 1 is 0.933 bits per heavy atom. The monoisotopic (exact) mass is 461 g/mol. The summed E-state index contributed by atoms with van der Waals surface area (Å²) in [5.41, 5.74) is 1.04. The van der Waals surface area contributed by atoms with Gasteiger partial charge in [0, 0.05) is 31.1 Å². The number of benzene rings is 1. The van der Waals surface area contributed by atoms with E-state index in [1.807, 2.05) is 52.7 Å². The fourth-order valence-corrected chi connectivity index (χ4v) is 6.86. The van der Waals surface area contributed by atoms with Gasteiger partial charge in [-0.2, -0.15) is 4.31 Å². The molecule has 0 spiro atoms. The van der Waals surface area contributed by atoms with Crippen LogP contribution in [0.3, 0.4) is 0 Å². The first-order valence-corrected chi connectivity index (χ1v) is 12.9. The van der Waals surface area contributed by atoms with Gasteiger partial charge >= 0.3 is 0 Å². The quantitative estimate of drug-likeness (QED) is 0.587. The highest BCUT2D eigenvalue weighted by molar-refractivity contribution is 7.91. The number of hydrogen-bond donors (Lipinski definition) is 1. The molecule has 3 heterocycles. The van der Waals surface area contributed by atoms with Gasteiger partial charge < -0.3 is 5.32 Å². The summed E-state index contributed by atoms with van der Waals surface area (Å²) in [5, 5.41) is 6.92. The van der Waals surface area contributed by atoms with Gasteiger partial charge in [-0.25, -0.2) is 8.42 Å². The van der Waals surface area contributed by atoms with Crippen LogP contribution in [0.2, 0.25) is 0 Å². The zero-order chi connectivity index (χ0) is 21.0. The Kier molecular flexibility index (Phi) is 6.64. The van der Waals surface area contributed by atoms with Crippen LogP contribution in [0.25, 0.3) is 0 Å². The standard InChI is InChI=1S/C21H23N3O3S3/c25-19(22-21(18-8-4-14-28-18)17-6-2-1-3-7-17)16-23-10-12-24(13-11-23)30(26,27)20-9-5-15-29-20/h1-9,14-15,21H,10-13,16H2,(H,22,25)/t21-/m1/s1. The van der Waals surface area contributed by atoms with Gasteiger partial charge in [-0.15, -0.1) is 22.7 Å². The third kappa shape index (κ3) is 4.81. The molecule has 30 heavy (non-hydrogen) atoms. The van der Waals surface area contributed by atoms with Crippen molar-refractivity contribution >= 4 is 38.6 Å². The van der Waals surface area contributed by atoms with Crippen LogP contribution in [0, 0.1) is 0 Å². The molecule has 1 aromatic carbocycles. The fourth-order valence-electron chi connectivity index (χ4n) is 3.49. The molecule has 1 aliphatic heterocycles. The molecule has 0 radical (unpaired) electrons. The molecule has 158 valence electrons. The third-order valence-electron chi connectivity index (χ3n) is 5.05. The SMILES string of the molecule is O=C(CN1CCN(S(=O)(=O)c2cccs2)CC1)N[C@H](c1ccccc1)c1cccs1. The molecule has 0 bridgehead atoms. The van der Waals surface area contributed by atoms with Crippen molar-refractivity contribution in [3.63, 3.8) is 0 Å². The summed E-state index contributed by atoms with van der Waals surface area (Å²) in [6.07, 6.45) is 0. The Morgan fingerprint density at radius 3 is 2.27 bits per heavy atom. The van der Waals surface area contributed by atoms with Gasteiger partial charge in [0.25, 0.3) is 10.0 Å². The maximum atomic E-state index is 12.8. The molecule has 0 unspecified atom stereocenters. The fraction of sp³-hybridized carbons (Fsp3) is 0.286. The van der Waals surface area contributed by atoms with Crippen molar-refractivity contribution in [1.29, 1.82) is 0 Å². The summed E-state index contributed by atoms with van der Waals surface area (Å²) < 4.78 is 27.2. The van der Waals surface area contributed by atoms with Crippen molar-refractivity contribution in [3.05, 3.63) is 75.8 Å². The van der Waals surface area contributed by atoms with Gasteiger partial charge in [0.05, 0.1) is 12.6 Å². The maximum Gasteiger partial charge on any atom is 0.252 e. The summed E-state index contributed by atoms with van der Waals surface area (Å²) in [4.78, 5) is 15.9. The van der Waals surface area contributed by atoms with E-state index < -0.39 is 10.0 Å². The minimum absolute atomic E-state index is 0.0631. The molecule has 1 N–H and O–H groups in total. The van der Waals surface area contributed by atoms with Crippen LogP contribution in [0.4, 0.5) is 0 Å². The van der Waals surface area contributed by atoms with Gasteiger partial charge in [-0.1, -0.05) is 42.5 Å². The lowest BCUT2D eigenvalue weighted by Crippen LogP contribution is -2.51. The van der Waals surface area contributed by atoms with Crippen molar-refractivity contribution in [2.45, 2.75) is 10.3 Å². The van der Waals surface area contributed by atoms with Crippen LogP contribution in [0.5, 0.6) is 0 Å². The number of nitrogens with one attached hydrogen (secondary N) is 1. The Hall–Kier alpha value is -2.04. The van der Waals surface area contributed by atoms with Crippen LogP contribution in [0.1, 0.15) is 16.5 Å². The molecule has 1 amide bonds. The van der Waals surface area contributed by atoms with Gasteiger partial charge in [0.1, 0.15) is 4.21 Å². The van der Waals surface area contributed by atoms with E-state index in [1.165, 1.54) is 15.6 Å². The highest BCUT2D eigenvalue weighted by Gasteiger charge is 2.30. The van der Waals surface area contributed by atoms with E-state index in [-0.39, 0.29) is 18.5 Å². The van der Waals surface area contributed by atoms with E-state index in [0.29, 0.717) is 30.4 Å². The van der Waals surface area contributed by atoms with Crippen molar-refractivity contribution in [3.8, 4) is 0 Å². The summed E-state index contributed by atoms with van der Waals surface area (Å²) in [6.45, 7) is 2.10. The Bertz CT molecular complexity index is 1040. The zero-order valence-electron chi connectivity index (χ0n) is 16.3. The van der Waals surface area contributed by atoms with Crippen LogP contribution >= 0.6 is 22.7 Å². The molecule has 6 nitrogen and oxygen atoms in total. The van der Waals surface area contributed by atoms with Crippen molar-refractivity contribution < 1.29 is 13.2 Å². The maximum absolute atomic E-state index is 12.8. The number of piperazine rings is 1. The number of carbonyl (C=O) groups excluding carboxylic acids is 1. The number of nitrogens with zero attached hydrogens (tertiary/aromatic N) is 2. The second-order valence-corrected chi connectivity index (χ2v) is 11.1. The molecule has 0 saturated carbocycles. The summed E-state index contributed by atoms with van der Waals surface area (Å²) in [6, 6.07) is 17.1. The van der Waals surface area contributed by atoms with Crippen LogP contribution in [-0.4, -0.2) is 56.3 Å². The number of amides is 1. The van der Waals surface area contributed by atoms with Gasteiger partial charge in [0.15, 0.2) is 0 Å². The minimum atomic E-state index is -3.43. The normalized spacial score (nSPS) is 16.9. The topological polar surface area (TPSA) is 69.7 Å². The van der Waals surface area contributed by atoms with Crippen molar-refractivity contribution in [2.24, 2.45) is 0 Å².